The van der Waals surface area contributed by atoms with Crippen molar-refractivity contribution in [2.24, 2.45) is 5.92 Å². The SMILES string of the molecule is CC(C)C[C@H](NC(=O)Cc1ccc(F)cc1)c1nnc2ccccn12. The van der Waals surface area contributed by atoms with Gasteiger partial charge < -0.3 is 5.32 Å². The molecule has 0 unspecified atom stereocenters. The summed E-state index contributed by atoms with van der Waals surface area (Å²) in [6.45, 7) is 4.20. The number of carbonyl (C=O) groups excluding carboxylic acids is 1. The Morgan fingerprint density at radius 2 is 1.92 bits per heavy atom. The molecule has 3 aromatic rings. The fraction of sp³-hybridized carbons (Fsp3) is 0.316. The molecule has 1 N–H and O–H groups in total. The van der Waals surface area contributed by atoms with Crippen molar-refractivity contribution in [3.8, 4) is 0 Å². The van der Waals surface area contributed by atoms with Crippen molar-refractivity contribution < 1.29 is 9.18 Å². The van der Waals surface area contributed by atoms with Crippen LogP contribution in [0.2, 0.25) is 0 Å². The van der Waals surface area contributed by atoms with Crippen molar-refractivity contribution in [3.63, 3.8) is 0 Å². The van der Waals surface area contributed by atoms with Gasteiger partial charge in [-0.3, -0.25) is 9.20 Å². The largest absolute Gasteiger partial charge is 0.346 e. The highest BCUT2D eigenvalue weighted by Crippen LogP contribution is 2.21. The van der Waals surface area contributed by atoms with Crippen LogP contribution in [0.4, 0.5) is 4.39 Å². The van der Waals surface area contributed by atoms with Gasteiger partial charge in [0, 0.05) is 6.20 Å². The van der Waals surface area contributed by atoms with Crippen LogP contribution in [0.25, 0.3) is 5.65 Å². The number of benzene rings is 1. The third-order valence-electron chi connectivity index (χ3n) is 3.97. The number of fused-ring (bicyclic) bond motifs is 1. The summed E-state index contributed by atoms with van der Waals surface area (Å²) in [5.74, 6) is 0.672. The Morgan fingerprint density at radius 1 is 1.16 bits per heavy atom. The molecule has 2 heterocycles. The van der Waals surface area contributed by atoms with Gasteiger partial charge in [-0.25, -0.2) is 4.39 Å². The Labute approximate surface area is 145 Å². The van der Waals surface area contributed by atoms with Crippen LogP contribution < -0.4 is 5.32 Å². The lowest BCUT2D eigenvalue weighted by Gasteiger charge is -2.19. The average molecular weight is 340 g/mol. The van der Waals surface area contributed by atoms with Crippen LogP contribution in [-0.2, 0) is 11.2 Å². The summed E-state index contributed by atoms with van der Waals surface area (Å²) in [7, 11) is 0. The number of hydrogen-bond donors (Lipinski definition) is 1. The number of pyridine rings is 1. The van der Waals surface area contributed by atoms with E-state index >= 15 is 0 Å². The van der Waals surface area contributed by atoms with Crippen LogP contribution in [-0.4, -0.2) is 20.5 Å². The Kier molecular flexibility index (Phi) is 5.07. The van der Waals surface area contributed by atoms with Crippen LogP contribution in [0.1, 0.15) is 37.7 Å². The minimum absolute atomic E-state index is 0.120. The number of hydrogen-bond acceptors (Lipinski definition) is 3. The molecule has 3 rings (SSSR count). The Balaban J connectivity index is 1.79. The molecule has 1 aromatic carbocycles. The van der Waals surface area contributed by atoms with Crippen LogP contribution in [0.15, 0.2) is 48.7 Å². The lowest BCUT2D eigenvalue weighted by atomic mass is 10.0. The molecule has 1 atom stereocenters. The molecule has 0 aliphatic carbocycles. The standard InChI is InChI=1S/C19H21FN4O/c1-13(2)11-16(19-23-22-17-5-3-4-10-24(17)19)21-18(25)12-14-6-8-15(20)9-7-14/h3-10,13,16H,11-12H2,1-2H3,(H,21,25)/t16-/m0/s1. The van der Waals surface area contributed by atoms with Crippen molar-refractivity contribution in [2.75, 3.05) is 0 Å². The number of nitrogens with zero attached hydrogens (tertiary/aromatic N) is 3. The van der Waals surface area contributed by atoms with Crippen molar-refractivity contribution in [2.45, 2.75) is 32.7 Å². The molecule has 25 heavy (non-hydrogen) atoms. The normalized spacial score (nSPS) is 12.5. The van der Waals surface area contributed by atoms with E-state index < -0.39 is 0 Å². The quantitative estimate of drug-likeness (QED) is 0.749. The molecular formula is C19H21FN4O. The minimum Gasteiger partial charge on any atom is -0.346 e. The maximum Gasteiger partial charge on any atom is 0.225 e. The summed E-state index contributed by atoms with van der Waals surface area (Å²) in [4.78, 5) is 12.5. The number of halogens is 1. The van der Waals surface area contributed by atoms with E-state index in [2.05, 4.69) is 29.4 Å². The third-order valence-corrected chi connectivity index (χ3v) is 3.97. The number of carbonyl (C=O) groups is 1. The van der Waals surface area contributed by atoms with E-state index in [9.17, 15) is 9.18 Å². The minimum atomic E-state index is -0.309. The maximum atomic E-state index is 13.0. The zero-order valence-corrected chi connectivity index (χ0v) is 14.3. The first-order valence-electron chi connectivity index (χ1n) is 8.36. The molecule has 0 aliphatic rings. The van der Waals surface area contributed by atoms with E-state index in [1.165, 1.54) is 12.1 Å². The molecular weight excluding hydrogens is 319 g/mol. The van der Waals surface area contributed by atoms with Gasteiger partial charge in [0.05, 0.1) is 12.5 Å². The van der Waals surface area contributed by atoms with Gasteiger partial charge in [-0.1, -0.05) is 32.0 Å². The van der Waals surface area contributed by atoms with Crippen molar-refractivity contribution >= 4 is 11.6 Å². The van der Waals surface area contributed by atoms with Gasteiger partial charge in [-0.05, 0) is 42.2 Å². The molecule has 0 fully saturated rings. The lowest BCUT2D eigenvalue weighted by Crippen LogP contribution is -2.32. The van der Waals surface area contributed by atoms with Crippen molar-refractivity contribution in [1.82, 2.24) is 19.9 Å². The molecule has 1 amide bonds. The maximum absolute atomic E-state index is 13.0. The first-order valence-corrected chi connectivity index (χ1v) is 8.36. The summed E-state index contributed by atoms with van der Waals surface area (Å²) in [5, 5.41) is 11.5. The predicted molar refractivity (Wildman–Crippen MR) is 93.4 cm³/mol. The monoisotopic (exact) mass is 340 g/mol. The molecule has 6 heteroatoms. The van der Waals surface area contributed by atoms with E-state index in [0.29, 0.717) is 5.92 Å². The summed E-state index contributed by atoms with van der Waals surface area (Å²) in [6.07, 6.45) is 2.85. The van der Waals surface area contributed by atoms with Crippen molar-refractivity contribution in [3.05, 3.63) is 65.9 Å². The topological polar surface area (TPSA) is 59.3 Å². The van der Waals surface area contributed by atoms with Crippen LogP contribution in [0.5, 0.6) is 0 Å². The molecule has 0 spiro atoms. The van der Waals surface area contributed by atoms with Crippen LogP contribution >= 0.6 is 0 Å². The van der Waals surface area contributed by atoms with Gasteiger partial charge in [0.1, 0.15) is 5.82 Å². The highest BCUT2D eigenvalue weighted by Gasteiger charge is 2.21. The highest BCUT2D eigenvalue weighted by atomic mass is 19.1. The highest BCUT2D eigenvalue weighted by molar-refractivity contribution is 5.78. The first-order chi connectivity index (χ1) is 12.0. The summed E-state index contributed by atoms with van der Waals surface area (Å²) < 4.78 is 14.9. The van der Waals surface area contributed by atoms with Crippen molar-refractivity contribution in [1.29, 1.82) is 0 Å². The molecule has 130 valence electrons. The first kappa shape index (κ1) is 17.1. The van der Waals surface area contributed by atoms with E-state index in [1.807, 2.05) is 28.8 Å². The second-order valence-electron chi connectivity index (χ2n) is 6.54. The molecule has 0 radical (unpaired) electrons. The molecule has 0 bridgehead atoms. The molecule has 2 aromatic heterocycles. The fourth-order valence-electron chi connectivity index (χ4n) is 2.83. The predicted octanol–water partition coefficient (Wildman–Crippen LogP) is 3.31. The zero-order valence-electron chi connectivity index (χ0n) is 14.3. The smallest absolute Gasteiger partial charge is 0.225 e. The second-order valence-corrected chi connectivity index (χ2v) is 6.54. The Hall–Kier alpha value is -2.76. The number of rotatable bonds is 6. The summed E-state index contributed by atoms with van der Waals surface area (Å²) in [6, 6.07) is 11.4. The van der Waals surface area contributed by atoms with Crippen LogP contribution in [0.3, 0.4) is 0 Å². The Bertz CT molecular complexity index is 857. The van der Waals surface area contributed by atoms with Gasteiger partial charge in [-0.15, -0.1) is 10.2 Å². The fourth-order valence-corrected chi connectivity index (χ4v) is 2.83. The third kappa shape index (κ3) is 4.21. The lowest BCUT2D eigenvalue weighted by molar-refractivity contribution is -0.121. The molecule has 0 saturated heterocycles. The van der Waals surface area contributed by atoms with Gasteiger partial charge in [-0.2, -0.15) is 0 Å². The molecule has 0 saturated carbocycles. The van der Waals surface area contributed by atoms with Gasteiger partial charge in [0.2, 0.25) is 5.91 Å². The van der Waals surface area contributed by atoms with Crippen LogP contribution in [0, 0.1) is 11.7 Å². The van der Waals surface area contributed by atoms with E-state index in [1.54, 1.807) is 12.1 Å². The second kappa shape index (κ2) is 7.42. The zero-order chi connectivity index (χ0) is 17.8. The molecule has 5 nitrogen and oxygen atoms in total. The Morgan fingerprint density at radius 3 is 2.64 bits per heavy atom. The number of nitrogens with one attached hydrogen (secondary N) is 1. The van der Waals surface area contributed by atoms with Gasteiger partial charge in [0.25, 0.3) is 0 Å². The summed E-state index contributed by atoms with van der Waals surface area (Å²) >= 11 is 0. The van der Waals surface area contributed by atoms with E-state index in [4.69, 9.17) is 0 Å². The average Bonchev–Trinajstić information content (AvgIpc) is 3.00. The van der Waals surface area contributed by atoms with Gasteiger partial charge in [0.15, 0.2) is 11.5 Å². The van der Waals surface area contributed by atoms with Gasteiger partial charge >= 0.3 is 0 Å². The molecule has 0 aliphatic heterocycles. The number of amides is 1. The van der Waals surface area contributed by atoms with E-state index in [-0.39, 0.29) is 24.2 Å². The summed E-state index contributed by atoms with van der Waals surface area (Å²) in [5.41, 5.74) is 1.52. The van der Waals surface area contributed by atoms with E-state index in [0.717, 1.165) is 23.5 Å². The number of aromatic nitrogens is 3.